The highest BCUT2D eigenvalue weighted by Crippen LogP contribution is 2.28. The second kappa shape index (κ2) is 4.16. The van der Waals surface area contributed by atoms with Crippen molar-refractivity contribution in [2.24, 2.45) is 5.90 Å². The molecule has 1 atom stereocenters. The minimum atomic E-state index is -3.15. The zero-order valence-corrected chi connectivity index (χ0v) is 7.45. The molecule has 1 amide bonds. The van der Waals surface area contributed by atoms with Crippen molar-refractivity contribution >= 4 is 5.91 Å². The fourth-order valence-corrected chi connectivity index (χ4v) is 1.40. The molecule has 1 unspecified atom stereocenters. The second-order valence-corrected chi connectivity index (χ2v) is 3.15. The van der Waals surface area contributed by atoms with E-state index in [-0.39, 0.29) is 13.0 Å². The van der Waals surface area contributed by atoms with E-state index in [1.54, 1.807) is 0 Å². The summed E-state index contributed by atoms with van der Waals surface area (Å²) in [5.74, 6) is 0.837. The van der Waals surface area contributed by atoms with Crippen LogP contribution < -0.4 is 5.90 Å². The number of halogens is 2. The van der Waals surface area contributed by atoms with Gasteiger partial charge in [0.1, 0.15) is 12.7 Å². The van der Waals surface area contributed by atoms with E-state index in [0.29, 0.717) is 0 Å². The second-order valence-electron chi connectivity index (χ2n) is 3.15. The molecular weight excluding hydrogens is 198 g/mol. The fraction of sp³-hybridized carbons (Fsp3) is 0.857. The summed E-state index contributed by atoms with van der Waals surface area (Å²) in [5.41, 5.74) is 0. The summed E-state index contributed by atoms with van der Waals surface area (Å²) in [7, 11) is 0. The number of rotatable bonds is 2. The molecule has 0 saturated carbocycles. The minimum absolute atomic E-state index is 0.0325. The van der Waals surface area contributed by atoms with Crippen LogP contribution in [-0.2, 0) is 9.63 Å². The predicted molar refractivity (Wildman–Crippen MR) is 42.3 cm³/mol. The third kappa shape index (κ3) is 2.17. The lowest BCUT2D eigenvalue weighted by atomic mass is 10.0. The molecule has 0 radical (unpaired) electrons. The van der Waals surface area contributed by atoms with Crippen LogP contribution in [0.15, 0.2) is 0 Å². The number of likely N-dealkylation sites (tertiary alicyclic amines) is 1. The molecule has 0 aromatic carbocycles. The number of amides is 1. The van der Waals surface area contributed by atoms with Gasteiger partial charge < -0.3 is 10.0 Å². The van der Waals surface area contributed by atoms with Crippen molar-refractivity contribution in [2.45, 2.75) is 18.4 Å². The molecule has 1 fully saturated rings. The standard InChI is InChI=1S/C7H12F2N2O3/c8-7(9)4-11(6(13)3-12)2-1-5(7)14-10/h5,12H,1-4,10H2. The molecule has 0 aliphatic carbocycles. The molecule has 1 rings (SSSR count). The molecule has 0 spiro atoms. The Balaban J connectivity index is 2.62. The Labute approximate surface area is 79.4 Å². The maximum atomic E-state index is 13.1. The lowest BCUT2D eigenvalue weighted by Gasteiger charge is -2.36. The molecule has 1 saturated heterocycles. The van der Waals surface area contributed by atoms with Gasteiger partial charge in [-0.05, 0) is 6.42 Å². The first-order valence-corrected chi connectivity index (χ1v) is 4.13. The molecule has 0 aromatic heterocycles. The molecule has 0 aromatic rings. The first kappa shape index (κ1) is 11.3. The Bertz CT molecular complexity index is 225. The summed E-state index contributed by atoms with van der Waals surface area (Å²) in [5, 5.41) is 8.49. The van der Waals surface area contributed by atoms with Crippen molar-refractivity contribution in [1.29, 1.82) is 0 Å². The largest absolute Gasteiger partial charge is 0.387 e. The number of alkyl halides is 2. The predicted octanol–water partition coefficient (Wildman–Crippen LogP) is -0.895. The zero-order chi connectivity index (χ0) is 10.8. The molecule has 1 aliphatic rings. The van der Waals surface area contributed by atoms with Crippen molar-refractivity contribution in [3.63, 3.8) is 0 Å². The Morgan fingerprint density at radius 1 is 1.71 bits per heavy atom. The number of hydrogen-bond donors (Lipinski definition) is 2. The number of hydrogen-bond acceptors (Lipinski definition) is 4. The van der Waals surface area contributed by atoms with Gasteiger partial charge in [-0.1, -0.05) is 0 Å². The SMILES string of the molecule is NOC1CCN(C(=O)CO)CC1(F)F. The van der Waals surface area contributed by atoms with Gasteiger partial charge in [0.25, 0.3) is 5.92 Å². The molecular formula is C7H12F2N2O3. The van der Waals surface area contributed by atoms with Crippen LogP contribution in [-0.4, -0.2) is 47.6 Å². The monoisotopic (exact) mass is 210 g/mol. The van der Waals surface area contributed by atoms with E-state index < -0.39 is 31.1 Å². The van der Waals surface area contributed by atoms with E-state index in [1.165, 1.54) is 0 Å². The van der Waals surface area contributed by atoms with E-state index in [0.717, 1.165) is 4.90 Å². The summed E-state index contributed by atoms with van der Waals surface area (Å²) in [6, 6.07) is 0. The van der Waals surface area contributed by atoms with Crippen LogP contribution in [0.5, 0.6) is 0 Å². The zero-order valence-electron chi connectivity index (χ0n) is 7.45. The Hall–Kier alpha value is -0.790. The highest BCUT2D eigenvalue weighted by molar-refractivity contribution is 5.77. The molecule has 14 heavy (non-hydrogen) atoms. The molecule has 3 N–H and O–H groups in total. The quantitative estimate of drug-likeness (QED) is 0.579. The van der Waals surface area contributed by atoms with Gasteiger partial charge in [0, 0.05) is 6.54 Å². The number of nitrogens with two attached hydrogens (primary N) is 1. The molecule has 5 nitrogen and oxygen atoms in total. The lowest BCUT2D eigenvalue weighted by molar-refractivity contribution is -0.182. The molecule has 1 aliphatic heterocycles. The van der Waals surface area contributed by atoms with E-state index in [9.17, 15) is 13.6 Å². The summed E-state index contributed by atoms with van der Waals surface area (Å²) in [6.45, 7) is -1.39. The van der Waals surface area contributed by atoms with Crippen molar-refractivity contribution in [3.05, 3.63) is 0 Å². The Kier molecular flexibility index (Phi) is 3.35. The lowest BCUT2D eigenvalue weighted by Crippen LogP contribution is -2.55. The number of aliphatic hydroxyl groups is 1. The molecule has 1 heterocycles. The minimum Gasteiger partial charge on any atom is -0.387 e. The van der Waals surface area contributed by atoms with Crippen LogP contribution in [0, 0.1) is 0 Å². The van der Waals surface area contributed by atoms with Crippen LogP contribution in [0.1, 0.15) is 6.42 Å². The van der Waals surface area contributed by atoms with Crippen LogP contribution >= 0.6 is 0 Å². The van der Waals surface area contributed by atoms with E-state index in [4.69, 9.17) is 11.0 Å². The number of piperidine rings is 1. The molecule has 82 valence electrons. The van der Waals surface area contributed by atoms with Crippen LogP contribution in [0.2, 0.25) is 0 Å². The van der Waals surface area contributed by atoms with Gasteiger partial charge in [0.05, 0.1) is 6.54 Å². The van der Waals surface area contributed by atoms with Gasteiger partial charge in [0.15, 0.2) is 0 Å². The van der Waals surface area contributed by atoms with Crippen LogP contribution in [0.3, 0.4) is 0 Å². The first-order chi connectivity index (χ1) is 6.51. The summed E-state index contributed by atoms with van der Waals surface area (Å²) >= 11 is 0. The highest BCUT2D eigenvalue weighted by atomic mass is 19.3. The number of aliphatic hydroxyl groups excluding tert-OH is 1. The van der Waals surface area contributed by atoms with Crippen molar-refractivity contribution in [2.75, 3.05) is 19.7 Å². The molecule has 0 bridgehead atoms. The third-order valence-electron chi connectivity index (χ3n) is 2.19. The van der Waals surface area contributed by atoms with E-state index in [1.807, 2.05) is 0 Å². The molecule has 7 heteroatoms. The van der Waals surface area contributed by atoms with Gasteiger partial charge in [-0.3, -0.25) is 9.63 Å². The van der Waals surface area contributed by atoms with Gasteiger partial charge in [0.2, 0.25) is 5.91 Å². The van der Waals surface area contributed by atoms with Crippen molar-refractivity contribution in [1.82, 2.24) is 4.90 Å². The van der Waals surface area contributed by atoms with Crippen molar-refractivity contribution < 1.29 is 23.5 Å². The van der Waals surface area contributed by atoms with Gasteiger partial charge in [-0.15, -0.1) is 0 Å². The van der Waals surface area contributed by atoms with Crippen LogP contribution in [0.4, 0.5) is 8.78 Å². The average Bonchev–Trinajstić information content (AvgIpc) is 2.15. The van der Waals surface area contributed by atoms with Gasteiger partial charge >= 0.3 is 0 Å². The van der Waals surface area contributed by atoms with Gasteiger partial charge in [-0.25, -0.2) is 14.7 Å². The number of nitrogens with zero attached hydrogens (tertiary/aromatic N) is 1. The smallest absolute Gasteiger partial charge is 0.292 e. The maximum absolute atomic E-state index is 13.1. The van der Waals surface area contributed by atoms with E-state index >= 15 is 0 Å². The van der Waals surface area contributed by atoms with Gasteiger partial charge in [-0.2, -0.15) is 0 Å². The normalized spacial score (nSPS) is 26.3. The number of carbonyl (C=O) groups is 1. The maximum Gasteiger partial charge on any atom is 0.292 e. The third-order valence-corrected chi connectivity index (χ3v) is 2.19. The van der Waals surface area contributed by atoms with Crippen LogP contribution in [0.25, 0.3) is 0 Å². The fourth-order valence-electron chi connectivity index (χ4n) is 1.40. The summed E-state index contributed by atoms with van der Waals surface area (Å²) in [4.78, 5) is 15.9. The summed E-state index contributed by atoms with van der Waals surface area (Å²) < 4.78 is 26.3. The average molecular weight is 210 g/mol. The Morgan fingerprint density at radius 3 is 2.79 bits per heavy atom. The highest BCUT2D eigenvalue weighted by Gasteiger charge is 2.46. The van der Waals surface area contributed by atoms with Crippen molar-refractivity contribution in [3.8, 4) is 0 Å². The Morgan fingerprint density at radius 2 is 2.36 bits per heavy atom. The van der Waals surface area contributed by atoms with E-state index in [2.05, 4.69) is 4.84 Å². The topological polar surface area (TPSA) is 75.8 Å². The number of carbonyl (C=O) groups excluding carboxylic acids is 1. The summed E-state index contributed by atoms with van der Waals surface area (Å²) in [6.07, 6.45) is -1.39. The first-order valence-electron chi connectivity index (χ1n) is 4.13.